The van der Waals surface area contributed by atoms with E-state index in [9.17, 15) is 9.59 Å². The lowest BCUT2D eigenvalue weighted by Crippen LogP contribution is -2.49. The molecule has 1 aliphatic rings. The Bertz CT molecular complexity index is 1090. The number of aromatic nitrogens is 1. The number of hydrogen-bond donors (Lipinski definition) is 1. The number of carbonyl (C=O) groups excluding carboxylic acids is 2. The summed E-state index contributed by atoms with van der Waals surface area (Å²) in [6.07, 6.45) is 4.45. The molecule has 1 unspecified atom stereocenters. The van der Waals surface area contributed by atoms with Gasteiger partial charge in [-0.2, -0.15) is 0 Å². The lowest BCUT2D eigenvalue weighted by molar-refractivity contribution is -0.159. The number of primary amides is 1. The molecule has 0 aliphatic carbocycles. The maximum atomic E-state index is 13.2. The molecule has 1 saturated heterocycles. The standard InChI is InChI=1S/C26H31N3O3/c1-2-32-25(31)26(15-20-9-4-3-5-10-20)13-8-14-28(19-26)16-21-17-29(18-24(27)30)23-12-7-6-11-22(21)23/h3-7,9-12,17H,2,8,13-16,18-19H2,1H3,(H2,27,30). The Kier molecular flexibility index (Phi) is 6.61. The molecule has 0 radical (unpaired) electrons. The summed E-state index contributed by atoms with van der Waals surface area (Å²) in [5, 5.41) is 1.11. The molecule has 0 saturated carbocycles. The van der Waals surface area contributed by atoms with Crippen molar-refractivity contribution >= 4 is 22.8 Å². The Morgan fingerprint density at radius 1 is 1.09 bits per heavy atom. The summed E-state index contributed by atoms with van der Waals surface area (Å²) in [6, 6.07) is 18.3. The van der Waals surface area contributed by atoms with E-state index in [1.54, 1.807) is 0 Å². The zero-order valence-corrected chi connectivity index (χ0v) is 18.6. The lowest BCUT2D eigenvalue weighted by atomic mass is 9.75. The first-order chi connectivity index (χ1) is 15.5. The highest BCUT2D eigenvalue weighted by atomic mass is 16.5. The fourth-order valence-corrected chi connectivity index (χ4v) is 5.00. The monoisotopic (exact) mass is 433 g/mol. The van der Waals surface area contributed by atoms with Crippen molar-refractivity contribution in [2.45, 2.75) is 39.3 Å². The normalized spacial score (nSPS) is 19.2. The Labute approximate surface area is 188 Å². The van der Waals surface area contributed by atoms with E-state index < -0.39 is 5.41 Å². The van der Waals surface area contributed by atoms with Crippen LogP contribution in [0.3, 0.4) is 0 Å². The van der Waals surface area contributed by atoms with Gasteiger partial charge < -0.3 is 15.0 Å². The minimum Gasteiger partial charge on any atom is -0.466 e. The Morgan fingerprint density at radius 2 is 1.84 bits per heavy atom. The van der Waals surface area contributed by atoms with Crippen LogP contribution in [0.4, 0.5) is 0 Å². The fraction of sp³-hybridized carbons (Fsp3) is 0.385. The Hall–Kier alpha value is -3.12. The average molecular weight is 434 g/mol. The van der Waals surface area contributed by atoms with Gasteiger partial charge in [0.05, 0.1) is 12.0 Å². The number of nitrogens with zero attached hydrogens (tertiary/aromatic N) is 2. The van der Waals surface area contributed by atoms with Gasteiger partial charge in [-0.25, -0.2) is 0 Å². The quantitative estimate of drug-likeness (QED) is 0.552. The van der Waals surface area contributed by atoms with Crippen LogP contribution < -0.4 is 5.73 Å². The maximum Gasteiger partial charge on any atom is 0.313 e. The summed E-state index contributed by atoms with van der Waals surface area (Å²) in [4.78, 5) is 27.0. The number of amides is 1. The molecule has 2 N–H and O–H groups in total. The zero-order chi connectivity index (χ0) is 22.6. The summed E-state index contributed by atoms with van der Waals surface area (Å²) in [5.74, 6) is -0.468. The number of nitrogens with two attached hydrogens (primary N) is 1. The summed E-state index contributed by atoms with van der Waals surface area (Å²) >= 11 is 0. The van der Waals surface area contributed by atoms with E-state index in [0.717, 1.165) is 41.4 Å². The molecule has 4 rings (SSSR count). The molecular formula is C26H31N3O3. The minimum absolute atomic E-state index is 0.107. The van der Waals surface area contributed by atoms with Crippen LogP contribution in [0, 0.1) is 5.41 Å². The number of hydrogen-bond acceptors (Lipinski definition) is 4. The molecule has 6 heteroatoms. The average Bonchev–Trinajstić information content (AvgIpc) is 3.11. The molecular weight excluding hydrogens is 402 g/mol. The van der Waals surface area contributed by atoms with Crippen LogP contribution in [-0.4, -0.2) is 41.0 Å². The van der Waals surface area contributed by atoms with Gasteiger partial charge in [-0.1, -0.05) is 48.5 Å². The topological polar surface area (TPSA) is 77.6 Å². The number of ether oxygens (including phenoxy) is 1. The van der Waals surface area contributed by atoms with Crippen LogP contribution in [0.25, 0.3) is 10.9 Å². The molecule has 0 spiro atoms. The van der Waals surface area contributed by atoms with Crippen LogP contribution in [-0.2, 0) is 33.8 Å². The molecule has 0 bridgehead atoms. The summed E-state index contributed by atoms with van der Waals surface area (Å²) in [7, 11) is 0. The first kappa shape index (κ1) is 22.1. The van der Waals surface area contributed by atoms with Crippen molar-refractivity contribution in [2.75, 3.05) is 19.7 Å². The first-order valence-electron chi connectivity index (χ1n) is 11.3. The molecule has 1 amide bonds. The van der Waals surface area contributed by atoms with E-state index in [-0.39, 0.29) is 18.4 Å². The van der Waals surface area contributed by atoms with Crippen LogP contribution in [0.5, 0.6) is 0 Å². The maximum absolute atomic E-state index is 13.2. The van der Waals surface area contributed by atoms with Gasteiger partial charge in [-0.3, -0.25) is 14.5 Å². The number of esters is 1. The summed E-state index contributed by atoms with van der Waals surface area (Å²) < 4.78 is 7.47. The third kappa shape index (κ3) is 4.70. The van der Waals surface area contributed by atoms with Crippen molar-refractivity contribution in [3.8, 4) is 0 Å². The Balaban J connectivity index is 1.61. The van der Waals surface area contributed by atoms with E-state index in [1.165, 1.54) is 0 Å². The minimum atomic E-state index is -0.554. The predicted molar refractivity (Wildman–Crippen MR) is 125 cm³/mol. The van der Waals surface area contributed by atoms with Gasteiger partial charge in [0.15, 0.2) is 0 Å². The number of carbonyl (C=O) groups is 2. The molecule has 3 aromatic rings. The third-order valence-corrected chi connectivity index (χ3v) is 6.34. The SMILES string of the molecule is CCOC(=O)C1(Cc2ccccc2)CCCN(Cc2cn(CC(N)=O)c3ccccc23)C1. The van der Waals surface area contributed by atoms with E-state index >= 15 is 0 Å². The molecule has 6 nitrogen and oxygen atoms in total. The molecule has 168 valence electrons. The van der Waals surface area contributed by atoms with Gasteiger partial charge in [-0.05, 0) is 49.9 Å². The van der Waals surface area contributed by atoms with E-state index in [2.05, 4.69) is 23.1 Å². The third-order valence-electron chi connectivity index (χ3n) is 6.34. The largest absolute Gasteiger partial charge is 0.466 e. The van der Waals surface area contributed by atoms with Crippen LogP contribution in [0.1, 0.15) is 30.9 Å². The second-order valence-corrected chi connectivity index (χ2v) is 8.74. The predicted octanol–water partition coefficient (Wildman–Crippen LogP) is 3.51. The highest BCUT2D eigenvalue weighted by Crippen LogP contribution is 2.36. The number of benzene rings is 2. The first-order valence-corrected chi connectivity index (χ1v) is 11.3. The summed E-state index contributed by atoms with van der Waals surface area (Å²) in [6.45, 7) is 4.68. The highest BCUT2D eigenvalue weighted by Gasteiger charge is 2.43. The van der Waals surface area contributed by atoms with Gasteiger partial charge in [0, 0.05) is 30.2 Å². The highest BCUT2D eigenvalue weighted by molar-refractivity contribution is 5.86. The van der Waals surface area contributed by atoms with Crippen molar-refractivity contribution in [3.63, 3.8) is 0 Å². The number of piperidine rings is 1. The molecule has 1 aromatic heterocycles. The van der Waals surface area contributed by atoms with E-state index in [4.69, 9.17) is 10.5 Å². The van der Waals surface area contributed by atoms with Crippen LogP contribution >= 0.6 is 0 Å². The van der Waals surface area contributed by atoms with Crippen LogP contribution in [0.2, 0.25) is 0 Å². The van der Waals surface area contributed by atoms with Gasteiger partial charge in [-0.15, -0.1) is 0 Å². The molecule has 1 atom stereocenters. The van der Waals surface area contributed by atoms with E-state index in [1.807, 2.05) is 54.1 Å². The smallest absolute Gasteiger partial charge is 0.313 e. The number of rotatable bonds is 8. The van der Waals surface area contributed by atoms with Gasteiger partial charge in [0.1, 0.15) is 6.54 Å². The molecule has 2 aromatic carbocycles. The van der Waals surface area contributed by atoms with Crippen LogP contribution in [0.15, 0.2) is 60.8 Å². The molecule has 32 heavy (non-hydrogen) atoms. The fourth-order valence-electron chi connectivity index (χ4n) is 5.00. The van der Waals surface area contributed by atoms with Gasteiger partial charge in [0.2, 0.25) is 5.91 Å². The lowest BCUT2D eigenvalue weighted by Gasteiger charge is -2.41. The molecule has 1 fully saturated rings. The zero-order valence-electron chi connectivity index (χ0n) is 18.6. The molecule has 2 heterocycles. The van der Waals surface area contributed by atoms with Gasteiger partial charge in [0.25, 0.3) is 0 Å². The van der Waals surface area contributed by atoms with Crippen molar-refractivity contribution in [3.05, 3.63) is 71.9 Å². The van der Waals surface area contributed by atoms with Crippen molar-refractivity contribution in [2.24, 2.45) is 11.1 Å². The number of fused-ring (bicyclic) bond motifs is 1. The second kappa shape index (κ2) is 9.57. The van der Waals surface area contributed by atoms with Gasteiger partial charge >= 0.3 is 5.97 Å². The number of para-hydroxylation sites is 1. The Morgan fingerprint density at radius 3 is 2.59 bits per heavy atom. The number of likely N-dealkylation sites (tertiary alicyclic amines) is 1. The summed E-state index contributed by atoms with van der Waals surface area (Å²) in [5.41, 5.74) is 8.20. The molecule has 1 aliphatic heterocycles. The van der Waals surface area contributed by atoms with Crippen molar-refractivity contribution < 1.29 is 14.3 Å². The second-order valence-electron chi connectivity index (χ2n) is 8.74. The van der Waals surface area contributed by atoms with Crippen molar-refractivity contribution in [1.29, 1.82) is 0 Å². The van der Waals surface area contributed by atoms with E-state index in [0.29, 0.717) is 26.1 Å². The van der Waals surface area contributed by atoms with Crippen molar-refractivity contribution in [1.82, 2.24) is 9.47 Å².